The van der Waals surface area contributed by atoms with Gasteiger partial charge in [-0.25, -0.2) is 4.79 Å². The molecule has 0 aliphatic rings. The Hall–Kier alpha value is -1.83. The first kappa shape index (κ1) is 13.2. The second-order valence-electron chi connectivity index (χ2n) is 2.64. The van der Waals surface area contributed by atoms with Gasteiger partial charge in [-0.3, -0.25) is 0 Å². The van der Waals surface area contributed by atoms with Crippen molar-refractivity contribution in [3.63, 3.8) is 0 Å². The minimum atomic E-state index is -0.303. The van der Waals surface area contributed by atoms with Crippen LogP contribution in [-0.2, 0) is 9.53 Å². The maximum absolute atomic E-state index is 10.1. The maximum atomic E-state index is 10.1. The van der Waals surface area contributed by atoms with E-state index < -0.39 is 0 Å². The first-order chi connectivity index (χ1) is 7.24. The fourth-order valence-corrected chi connectivity index (χ4v) is 0.793. The average Bonchev–Trinajstić information content (AvgIpc) is 2.31. The summed E-state index contributed by atoms with van der Waals surface area (Å²) < 4.78 is 4.26. The number of carbonyl (C=O) groups is 1. The third-order valence-electron chi connectivity index (χ3n) is 1.54. The zero-order valence-electron chi connectivity index (χ0n) is 9.14. The van der Waals surface area contributed by atoms with Crippen LogP contribution in [0.2, 0.25) is 0 Å². The second kappa shape index (κ2) is 8.75. The van der Waals surface area contributed by atoms with Gasteiger partial charge in [0, 0.05) is 6.08 Å². The molecule has 0 saturated carbocycles. The van der Waals surface area contributed by atoms with E-state index in [9.17, 15) is 4.79 Å². The van der Waals surface area contributed by atoms with Gasteiger partial charge in [-0.1, -0.05) is 49.1 Å². The van der Waals surface area contributed by atoms with Crippen molar-refractivity contribution in [2.24, 2.45) is 0 Å². The summed E-state index contributed by atoms with van der Waals surface area (Å²) in [4.78, 5) is 10.1. The van der Waals surface area contributed by atoms with Crippen LogP contribution in [0, 0.1) is 0 Å². The molecule has 1 aromatic rings. The lowest BCUT2D eigenvalue weighted by Gasteiger charge is -1.85. The third kappa shape index (κ3) is 7.26. The monoisotopic (exact) mass is 204 g/mol. The van der Waals surface area contributed by atoms with Crippen LogP contribution in [0.3, 0.4) is 0 Å². The predicted octanol–water partition coefficient (Wildman–Crippen LogP) is 3.07. The molecule has 0 radical (unpaired) electrons. The van der Waals surface area contributed by atoms with Crippen molar-refractivity contribution in [2.45, 2.75) is 6.92 Å². The molecule has 0 fully saturated rings. The number of esters is 1. The van der Waals surface area contributed by atoms with E-state index in [1.807, 2.05) is 36.4 Å². The quantitative estimate of drug-likeness (QED) is 0.546. The number of hydrogen-bond donors (Lipinski definition) is 0. The Morgan fingerprint density at radius 3 is 2.20 bits per heavy atom. The van der Waals surface area contributed by atoms with Crippen LogP contribution >= 0.6 is 0 Å². The first-order valence-corrected chi connectivity index (χ1v) is 4.62. The SMILES string of the molecule is C=Cc1ccccc1.CC=CC(=O)OC. The van der Waals surface area contributed by atoms with Crippen molar-refractivity contribution < 1.29 is 9.53 Å². The molecule has 0 aliphatic heterocycles. The number of ether oxygens (including phenoxy) is 1. The van der Waals surface area contributed by atoms with Crippen molar-refractivity contribution in [3.05, 3.63) is 54.6 Å². The fourth-order valence-electron chi connectivity index (χ4n) is 0.793. The summed E-state index contributed by atoms with van der Waals surface area (Å²) in [5.41, 5.74) is 1.17. The molecule has 1 aromatic carbocycles. The summed E-state index contributed by atoms with van der Waals surface area (Å²) in [7, 11) is 1.35. The summed E-state index contributed by atoms with van der Waals surface area (Å²) in [6.07, 6.45) is 4.83. The molecular formula is C13H16O2. The molecule has 0 heterocycles. The van der Waals surface area contributed by atoms with Gasteiger partial charge in [-0.2, -0.15) is 0 Å². The lowest BCUT2D eigenvalue weighted by atomic mass is 10.2. The number of benzene rings is 1. The third-order valence-corrected chi connectivity index (χ3v) is 1.54. The molecule has 0 amide bonds. The number of carbonyl (C=O) groups excluding carboxylic acids is 1. The highest BCUT2D eigenvalue weighted by atomic mass is 16.5. The summed E-state index contributed by atoms with van der Waals surface area (Å²) >= 11 is 0. The minimum absolute atomic E-state index is 0.303. The molecule has 0 bridgehead atoms. The maximum Gasteiger partial charge on any atom is 0.330 e. The fraction of sp³-hybridized carbons (Fsp3) is 0.154. The van der Waals surface area contributed by atoms with Crippen LogP contribution in [0.4, 0.5) is 0 Å². The number of allylic oxidation sites excluding steroid dienone is 1. The van der Waals surface area contributed by atoms with Gasteiger partial charge in [-0.05, 0) is 12.5 Å². The largest absolute Gasteiger partial charge is 0.466 e. The molecule has 80 valence electrons. The van der Waals surface area contributed by atoms with E-state index in [0.717, 1.165) is 0 Å². The van der Waals surface area contributed by atoms with E-state index in [1.54, 1.807) is 13.0 Å². The molecule has 0 saturated heterocycles. The van der Waals surface area contributed by atoms with Gasteiger partial charge in [0.25, 0.3) is 0 Å². The molecule has 0 aliphatic carbocycles. The van der Waals surface area contributed by atoms with E-state index in [-0.39, 0.29) is 5.97 Å². The molecule has 0 unspecified atom stereocenters. The molecule has 0 aromatic heterocycles. The molecule has 15 heavy (non-hydrogen) atoms. The molecular weight excluding hydrogens is 188 g/mol. The normalized spacial score (nSPS) is 8.93. The zero-order valence-corrected chi connectivity index (χ0v) is 9.14. The Morgan fingerprint density at radius 2 is 1.93 bits per heavy atom. The smallest absolute Gasteiger partial charge is 0.330 e. The van der Waals surface area contributed by atoms with Crippen molar-refractivity contribution >= 4 is 12.0 Å². The van der Waals surface area contributed by atoms with Crippen molar-refractivity contribution in [1.82, 2.24) is 0 Å². The highest BCUT2D eigenvalue weighted by Gasteiger charge is 1.84. The molecule has 0 atom stereocenters. The standard InChI is InChI=1S/C8H8.C5H8O2/c1-2-8-6-4-3-5-7-8;1-3-4-5(6)7-2/h2-7H,1H2;3-4H,1-2H3. The van der Waals surface area contributed by atoms with Gasteiger partial charge in [0.05, 0.1) is 7.11 Å². The van der Waals surface area contributed by atoms with Crippen LogP contribution in [0.5, 0.6) is 0 Å². The summed E-state index contributed by atoms with van der Waals surface area (Å²) in [6, 6.07) is 10.0. The Balaban J connectivity index is 0.000000265. The van der Waals surface area contributed by atoms with Crippen LogP contribution in [-0.4, -0.2) is 13.1 Å². The van der Waals surface area contributed by atoms with Gasteiger partial charge in [0.1, 0.15) is 0 Å². The minimum Gasteiger partial charge on any atom is -0.466 e. The Kier molecular flexibility index (Phi) is 7.69. The van der Waals surface area contributed by atoms with Gasteiger partial charge >= 0.3 is 5.97 Å². The van der Waals surface area contributed by atoms with Crippen molar-refractivity contribution in [1.29, 1.82) is 0 Å². The van der Waals surface area contributed by atoms with Crippen molar-refractivity contribution in [2.75, 3.05) is 7.11 Å². The molecule has 1 rings (SSSR count). The van der Waals surface area contributed by atoms with E-state index in [1.165, 1.54) is 18.7 Å². The summed E-state index contributed by atoms with van der Waals surface area (Å²) in [6.45, 7) is 5.39. The Labute approximate surface area is 90.9 Å². The van der Waals surface area contributed by atoms with Crippen molar-refractivity contribution in [3.8, 4) is 0 Å². The first-order valence-electron chi connectivity index (χ1n) is 4.62. The van der Waals surface area contributed by atoms with Crippen LogP contribution in [0.15, 0.2) is 49.1 Å². The molecule has 0 N–H and O–H groups in total. The van der Waals surface area contributed by atoms with E-state index in [4.69, 9.17) is 0 Å². The predicted molar refractivity (Wildman–Crippen MR) is 63.4 cm³/mol. The van der Waals surface area contributed by atoms with Gasteiger partial charge in [0.2, 0.25) is 0 Å². The summed E-state index contributed by atoms with van der Waals surface area (Å²) in [5.74, 6) is -0.303. The zero-order chi connectivity index (χ0) is 11.5. The number of hydrogen-bond acceptors (Lipinski definition) is 2. The second-order valence-corrected chi connectivity index (χ2v) is 2.64. The van der Waals surface area contributed by atoms with Crippen LogP contribution in [0.1, 0.15) is 12.5 Å². The van der Waals surface area contributed by atoms with Gasteiger partial charge in [0.15, 0.2) is 0 Å². The lowest BCUT2D eigenvalue weighted by Crippen LogP contribution is -1.92. The van der Waals surface area contributed by atoms with Crippen LogP contribution < -0.4 is 0 Å². The topological polar surface area (TPSA) is 26.3 Å². The van der Waals surface area contributed by atoms with Gasteiger partial charge < -0.3 is 4.74 Å². The highest BCUT2D eigenvalue weighted by Crippen LogP contribution is 1.97. The van der Waals surface area contributed by atoms with E-state index in [2.05, 4.69) is 11.3 Å². The molecule has 2 nitrogen and oxygen atoms in total. The number of methoxy groups -OCH3 is 1. The Bertz CT molecular complexity index is 313. The molecule has 0 spiro atoms. The van der Waals surface area contributed by atoms with E-state index >= 15 is 0 Å². The summed E-state index contributed by atoms with van der Waals surface area (Å²) in [5, 5.41) is 0. The number of rotatable bonds is 2. The highest BCUT2D eigenvalue weighted by molar-refractivity contribution is 5.81. The lowest BCUT2D eigenvalue weighted by molar-refractivity contribution is -0.134. The Morgan fingerprint density at radius 1 is 1.33 bits per heavy atom. The van der Waals surface area contributed by atoms with E-state index in [0.29, 0.717) is 0 Å². The molecule has 2 heteroatoms. The average molecular weight is 204 g/mol. The van der Waals surface area contributed by atoms with Gasteiger partial charge in [-0.15, -0.1) is 0 Å². The van der Waals surface area contributed by atoms with Crippen LogP contribution in [0.25, 0.3) is 6.08 Å².